The van der Waals surface area contributed by atoms with E-state index in [9.17, 15) is 14.0 Å². The Balaban J connectivity index is 1.40. The molecular weight excluding hydrogens is 347 g/mol. The van der Waals surface area contributed by atoms with Gasteiger partial charge in [0.2, 0.25) is 11.8 Å². The molecule has 0 spiro atoms. The molecule has 1 N–H and O–H groups in total. The van der Waals surface area contributed by atoms with Crippen LogP contribution in [0.25, 0.3) is 6.08 Å². The number of halogens is 1. The molecule has 2 aromatic rings. The van der Waals surface area contributed by atoms with E-state index in [0.717, 1.165) is 0 Å². The Morgan fingerprint density at radius 2 is 1.96 bits per heavy atom. The van der Waals surface area contributed by atoms with Gasteiger partial charge in [0.25, 0.3) is 0 Å². The molecule has 2 heterocycles. The summed E-state index contributed by atoms with van der Waals surface area (Å²) >= 11 is 0. The molecule has 0 unspecified atom stereocenters. The lowest BCUT2D eigenvalue weighted by molar-refractivity contribution is -0.132. The summed E-state index contributed by atoms with van der Waals surface area (Å²) in [5, 5.41) is 2.88. The maximum Gasteiger partial charge on any atom is 0.246 e. The van der Waals surface area contributed by atoms with Gasteiger partial charge in [0.05, 0.1) is 6.26 Å². The zero-order chi connectivity index (χ0) is 19.1. The summed E-state index contributed by atoms with van der Waals surface area (Å²) in [6, 6.07) is 10.1. The van der Waals surface area contributed by atoms with Crippen LogP contribution in [0.2, 0.25) is 0 Å². The molecule has 27 heavy (non-hydrogen) atoms. The van der Waals surface area contributed by atoms with Gasteiger partial charge in [0.1, 0.15) is 11.6 Å². The monoisotopic (exact) mass is 370 g/mol. The second-order valence-corrected chi connectivity index (χ2v) is 6.58. The number of rotatable bonds is 6. The standard InChI is InChI=1S/C21H23FN2O3/c22-19-6-2-1-4-16(19)9-12-23-21(26)17-10-13-24(14-11-17)20(25)8-7-18-5-3-15-27-18/h1-8,15,17H,9-14H2,(H,23,26)/b8-7+. The molecule has 3 rings (SSSR count). The van der Waals surface area contributed by atoms with Gasteiger partial charge < -0.3 is 14.6 Å². The summed E-state index contributed by atoms with van der Waals surface area (Å²) in [4.78, 5) is 26.2. The Morgan fingerprint density at radius 1 is 1.19 bits per heavy atom. The van der Waals surface area contributed by atoms with Crippen molar-refractivity contribution in [1.29, 1.82) is 0 Å². The average Bonchev–Trinajstić information content (AvgIpc) is 3.21. The highest BCUT2D eigenvalue weighted by Crippen LogP contribution is 2.18. The van der Waals surface area contributed by atoms with Crippen LogP contribution in [0.5, 0.6) is 0 Å². The molecule has 1 saturated heterocycles. The van der Waals surface area contributed by atoms with E-state index < -0.39 is 0 Å². The summed E-state index contributed by atoms with van der Waals surface area (Å²) in [6.07, 6.45) is 6.42. The smallest absolute Gasteiger partial charge is 0.246 e. The number of nitrogens with one attached hydrogen (secondary N) is 1. The number of carbonyl (C=O) groups excluding carboxylic acids is 2. The molecule has 142 valence electrons. The van der Waals surface area contributed by atoms with Gasteiger partial charge in [-0.25, -0.2) is 4.39 Å². The topological polar surface area (TPSA) is 62.6 Å². The Hall–Kier alpha value is -2.89. The van der Waals surface area contributed by atoms with Crippen molar-refractivity contribution >= 4 is 17.9 Å². The van der Waals surface area contributed by atoms with E-state index in [0.29, 0.717) is 50.2 Å². The van der Waals surface area contributed by atoms with Crippen LogP contribution in [0.1, 0.15) is 24.2 Å². The molecule has 1 fully saturated rings. The van der Waals surface area contributed by atoms with E-state index in [1.807, 2.05) is 0 Å². The first-order chi connectivity index (χ1) is 13.1. The van der Waals surface area contributed by atoms with E-state index in [-0.39, 0.29) is 23.5 Å². The second-order valence-electron chi connectivity index (χ2n) is 6.58. The highest BCUT2D eigenvalue weighted by atomic mass is 19.1. The highest BCUT2D eigenvalue weighted by Gasteiger charge is 2.26. The van der Waals surface area contributed by atoms with E-state index >= 15 is 0 Å². The van der Waals surface area contributed by atoms with Crippen molar-refractivity contribution in [3.8, 4) is 0 Å². The van der Waals surface area contributed by atoms with Crippen molar-refractivity contribution in [2.24, 2.45) is 5.92 Å². The fourth-order valence-electron chi connectivity index (χ4n) is 3.17. The van der Waals surface area contributed by atoms with Crippen LogP contribution in [0.4, 0.5) is 4.39 Å². The maximum absolute atomic E-state index is 13.6. The largest absolute Gasteiger partial charge is 0.465 e. The summed E-state index contributed by atoms with van der Waals surface area (Å²) in [5.41, 5.74) is 0.599. The lowest BCUT2D eigenvalue weighted by Gasteiger charge is -2.30. The third-order valence-electron chi connectivity index (χ3n) is 4.76. The van der Waals surface area contributed by atoms with Gasteiger partial charge in [-0.3, -0.25) is 9.59 Å². The molecule has 0 bridgehead atoms. The lowest BCUT2D eigenvalue weighted by Crippen LogP contribution is -2.42. The van der Waals surface area contributed by atoms with Crippen LogP contribution in [0.15, 0.2) is 53.2 Å². The Labute approximate surface area is 157 Å². The van der Waals surface area contributed by atoms with Gasteiger partial charge in [-0.15, -0.1) is 0 Å². The van der Waals surface area contributed by atoms with E-state index in [4.69, 9.17) is 4.42 Å². The second kappa shape index (κ2) is 9.16. The van der Waals surface area contributed by atoms with Crippen LogP contribution >= 0.6 is 0 Å². The van der Waals surface area contributed by atoms with Crippen molar-refractivity contribution in [2.45, 2.75) is 19.3 Å². The van der Waals surface area contributed by atoms with Gasteiger partial charge >= 0.3 is 0 Å². The molecule has 0 saturated carbocycles. The van der Waals surface area contributed by atoms with Crippen molar-refractivity contribution in [3.05, 3.63) is 65.9 Å². The zero-order valence-corrected chi connectivity index (χ0v) is 15.1. The number of furan rings is 1. The predicted octanol–water partition coefficient (Wildman–Crippen LogP) is 3.03. The van der Waals surface area contributed by atoms with Gasteiger partial charge in [-0.05, 0) is 49.1 Å². The van der Waals surface area contributed by atoms with E-state index in [2.05, 4.69) is 5.32 Å². The third kappa shape index (κ3) is 5.29. The molecule has 1 aliphatic heterocycles. The normalized spacial score (nSPS) is 15.2. The number of likely N-dealkylation sites (tertiary alicyclic amines) is 1. The number of nitrogens with zero attached hydrogens (tertiary/aromatic N) is 1. The summed E-state index contributed by atoms with van der Waals surface area (Å²) in [7, 11) is 0. The van der Waals surface area contributed by atoms with Crippen LogP contribution in [0, 0.1) is 11.7 Å². The summed E-state index contributed by atoms with van der Waals surface area (Å²) in [6.45, 7) is 1.50. The minimum absolute atomic E-state index is 0.0236. The molecule has 1 aromatic heterocycles. The molecule has 2 amide bonds. The predicted molar refractivity (Wildman–Crippen MR) is 100 cm³/mol. The van der Waals surface area contributed by atoms with Gasteiger partial charge in [-0.1, -0.05) is 18.2 Å². The number of carbonyl (C=O) groups is 2. The minimum Gasteiger partial charge on any atom is -0.465 e. The van der Waals surface area contributed by atoms with Gasteiger partial charge in [-0.2, -0.15) is 0 Å². The first kappa shape index (κ1) is 18.9. The zero-order valence-electron chi connectivity index (χ0n) is 15.1. The molecule has 5 nitrogen and oxygen atoms in total. The lowest BCUT2D eigenvalue weighted by atomic mass is 9.95. The van der Waals surface area contributed by atoms with Crippen molar-refractivity contribution in [3.63, 3.8) is 0 Å². The van der Waals surface area contributed by atoms with Crippen LogP contribution < -0.4 is 5.32 Å². The number of hydrogen-bond acceptors (Lipinski definition) is 3. The quantitative estimate of drug-likeness (QED) is 0.795. The highest BCUT2D eigenvalue weighted by molar-refractivity contribution is 5.91. The summed E-state index contributed by atoms with van der Waals surface area (Å²) in [5.74, 6) is 0.173. The third-order valence-corrected chi connectivity index (χ3v) is 4.76. The molecule has 0 atom stereocenters. The van der Waals surface area contributed by atoms with Crippen LogP contribution in [-0.2, 0) is 16.0 Å². The SMILES string of the molecule is O=C(NCCc1ccccc1F)C1CCN(C(=O)/C=C/c2ccco2)CC1. The molecule has 0 radical (unpaired) electrons. The molecular formula is C21H23FN2O3. The minimum atomic E-state index is -0.249. The molecule has 1 aromatic carbocycles. The Morgan fingerprint density at radius 3 is 2.67 bits per heavy atom. The first-order valence-electron chi connectivity index (χ1n) is 9.15. The first-order valence-corrected chi connectivity index (χ1v) is 9.15. The molecule has 6 heteroatoms. The number of amides is 2. The Bertz CT molecular complexity index is 794. The number of benzene rings is 1. The maximum atomic E-state index is 13.6. The fourth-order valence-corrected chi connectivity index (χ4v) is 3.17. The van der Waals surface area contributed by atoms with Crippen molar-refractivity contribution < 1.29 is 18.4 Å². The van der Waals surface area contributed by atoms with Gasteiger partial charge in [0.15, 0.2) is 0 Å². The number of hydrogen-bond donors (Lipinski definition) is 1. The van der Waals surface area contributed by atoms with E-state index in [1.165, 1.54) is 12.1 Å². The van der Waals surface area contributed by atoms with Crippen LogP contribution in [-0.4, -0.2) is 36.3 Å². The summed E-state index contributed by atoms with van der Waals surface area (Å²) < 4.78 is 18.7. The fraction of sp³-hybridized carbons (Fsp3) is 0.333. The van der Waals surface area contributed by atoms with Crippen LogP contribution in [0.3, 0.4) is 0 Å². The molecule has 1 aliphatic rings. The van der Waals surface area contributed by atoms with Crippen molar-refractivity contribution in [2.75, 3.05) is 19.6 Å². The van der Waals surface area contributed by atoms with Crippen molar-refractivity contribution in [1.82, 2.24) is 10.2 Å². The Kier molecular flexibility index (Phi) is 6.41. The van der Waals surface area contributed by atoms with Gasteiger partial charge in [0, 0.05) is 31.6 Å². The van der Waals surface area contributed by atoms with E-state index in [1.54, 1.807) is 47.6 Å². The average molecular weight is 370 g/mol. The number of piperidine rings is 1. The molecule has 0 aliphatic carbocycles.